The summed E-state index contributed by atoms with van der Waals surface area (Å²) >= 11 is 0. The maximum Gasteiger partial charge on any atom is 0.265 e. The molecule has 106 valence electrons. The number of allylic oxidation sites excluding steroid dienone is 1. The van der Waals surface area contributed by atoms with E-state index >= 15 is 0 Å². The number of rotatable bonds is 9. The van der Waals surface area contributed by atoms with E-state index in [1.54, 1.807) is 6.92 Å². The summed E-state index contributed by atoms with van der Waals surface area (Å²) in [7, 11) is 0.0953. The van der Waals surface area contributed by atoms with Crippen LogP contribution >= 0.6 is 0 Å². The van der Waals surface area contributed by atoms with Gasteiger partial charge in [-0.05, 0) is 12.5 Å². The van der Waals surface area contributed by atoms with Crippen molar-refractivity contribution in [1.29, 1.82) is 0 Å². The molecule has 5 nitrogen and oxygen atoms in total. The Kier molecular flexibility index (Phi) is 6.73. The van der Waals surface area contributed by atoms with Crippen molar-refractivity contribution in [3.8, 4) is 0 Å². The van der Waals surface area contributed by atoms with Crippen LogP contribution in [0.25, 0.3) is 0 Å². The van der Waals surface area contributed by atoms with Gasteiger partial charge in [0.25, 0.3) is 10.1 Å². The molecule has 0 spiro atoms. The predicted molar refractivity (Wildman–Crippen MR) is 71.9 cm³/mol. The molecular weight excluding hydrogens is 254 g/mol. The van der Waals surface area contributed by atoms with E-state index in [2.05, 4.69) is 6.58 Å². The van der Waals surface area contributed by atoms with E-state index in [-0.39, 0.29) is 11.5 Å². The second kappa shape index (κ2) is 7.01. The Morgan fingerprint density at radius 3 is 2.17 bits per heavy atom. The minimum atomic E-state index is -3.87. The third-order valence-corrected chi connectivity index (χ3v) is 3.61. The summed E-state index contributed by atoms with van der Waals surface area (Å²) in [5.74, 6) is -0.132. The van der Waals surface area contributed by atoms with Crippen molar-refractivity contribution in [2.45, 2.75) is 26.2 Å². The number of hydrogen-bond donors (Lipinski definition) is 1. The summed E-state index contributed by atoms with van der Waals surface area (Å²) < 4.78 is 30.5. The summed E-state index contributed by atoms with van der Waals surface area (Å²) in [6.07, 6.45) is 1.65. The van der Waals surface area contributed by atoms with Gasteiger partial charge in [-0.15, -0.1) is 0 Å². The Balaban J connectivity index is 3.94. The number of hydrogen-bond acceptors (Lipinski definition) is 3. The van der Waals surface area contributed by atoms with Crippen LogP contribution in [0, 0.1) is 0 Å². The normalized spacial score (nSPS) is 12.4. The molecule has 0 radical (unpaired) electrons. The van der Waals surface area contributed by atoms with Gasteiger partial charge < -0.3 is 4.48 Å². The molecule has 0 aliphatic carbocycles. The largest absolute Gasteiger partial charge is 0.328 e. The fourth-order valence-corrected chi connectivity index (χ4v) is 2.16. The van der Waals surface area contributed by atoms with Crippen molar-refractivity contribution in [3.05, 3.63) is 12.2 Å². The maximum atomic E-state index is 11.4. The average Bonchev–Trinajstić information content (AvgIpc) is 2.14. The van der Waals surface area contributed by atoms with Crippen molar-refractivity contribution in [3.63, 3.8) is 0 Å². The fourth-order valence-electron chi connectivity index (χ4n) is 1.67. The lowest BCUT2D eigenvalue weighted by atomic mass is 10.1. The van der Waals surface area contributed by atoms with Crippen LogP contribution in [0.5, 0.6) is 0 Å². The molecule has 0 bridgehead atoms. The molecule has 6 heteroatoms. The highest BCUT2D eigenvalue weighted by atomic mass is 32.2. The molecule has 0 heterocycles. The monoisotopic (exact) mass is 278 g/mol. The van der Waals surface area contributed by atoms with Gasteiger partial charge in [-0.3, -0.25) is 9.35 Å². The molecule has 0 aromatic heterocycles. The number of ketones is 1. The number of nitrogens with zero attached hydrogens (tertiary/aromatic N) is 1. The Bertz CT molecular complexity index is 398. The Morgan fingerprint density at radius 2 is 1.72 bits per heavy atom. The maximum absolute atomic E-state index is 11.4. The van der Waals surface area contributed by atoms with Crippen molar-refractivity contribution in [2.24, 2.45) is 0 Å². The second-order valence-electron chi connectivity index (χ2n) is 5.33. The van der Waals surface area contributed by atoms with E-state index in [9.17, 15) is 13.2 Å². The average molecular weight is 278 g/mol. The standard InChI is InChI=1S/C12H23NO4S/c1-11(2)12(14)7-5-8-13(3,4)9-6-10-18(15,16)17/h1,5-10H2,2-4H3/p+1. The smallest absolute Gasteiger partial charge is 0.265 e. The highest BCUT2D eigenvalue weighted by molar-refractivity contribution is 7.85. The molecule has 1 N–H and O–H groups in total. The fraction of sp³-hybridized carbons (Fsp3) is 0.750. The molecule has 0 saturated carbocycles. The minimum absolute atomic E-state index is 0.0768. The first kappa shape index (κ1) is 17.3. The topological polar surface area (TPSA) is 71.4 Å². The van der Waals surface area contributed by atoms with Crippen LogP contribution in [0.2, 0.25) is 0 Å². The summed E-state index contributed by atoms with van der Waals surface area (Å²) in [6, 6.07) is 0. The zero-order chi connectivity index (χ0) is 14.4. The highest BCUT2D eigenvalue weighted by Gasteiger charge is 2.17. The number of carbonyl (C=O) groups is 1. The van der Waals surface area contributed by atoms with E-state index in [0.717, 1.165) is 13.0 Å². The van der Waals surface area contributed by atoms with Crippen LogP contribution in [0.3, 0.4) is 0 Å². The number of carbonyl (C=O) groups excluding carboxylic acids is 1. The van der Waals surface area contributed by atoms with Crippen molar-refractivity contribution in [2.75, 3.05) is 32.9 Å². The van der Waals surface area contributed by atoms with E-state index < -0.39 is 10.1 Å². The zero-order valence-corrected chi connectivity index (χ0v) is 12.3. The van der Waals surface area contributed by atoms with E-state index in [0.29, 0.717) is 29.4 Å². The molecule has 0 unspecified atom stereocenters. The Labute approximate surface area is 110 Å². The summed E-state index contributed by atoms with van der Waals surface area (Å²) in [6.45, 7) is 6.75. The van der Waals surface area contributed by atoms with Gasteiger partial charge in [0, 0.05) is 19.3 Å². The van der Waals surface area contributed by atoms with Crippen molar-refractivity contribution < 1.29 is 22.2 Å². The predicted octanol–water partition coefficient (Wildman–Crippen LogP) is 1.27. The first-order chi connectivity index (χ1) is 8.03. The van der Waals surface area contributed by atoms with Gasteiger partial charge in [-0.2, -0.15) is 8.42 Å². The molecule has 0 amide bonds. The van der Waals surface area contributed by atoms with Gasteiger partial charge >= 0.3 is 0 Å². The molecular formula is C12H24NO4S+. The van der Waals surface area contributed by atoms with Gasteiger partial charge in [0.15, 0.2) is 5.78 Å². The SMILES string of the molecule is C=C(C)C(=O)CCC[N+](C)(C)CCCS(=O)(=O)O. The van der Waals surface area contributed by atoms with Crippen LogP contribution in [0.15, 0.2) is 12.2 Å². The van der Waals surface area contributed by atoms with E-state index in [4.69, 9.17) is 4.55 Å². The van der Waals surface area contributed by atoms with Crippen LogP contribution in [-0.4, -0.2) is 56.2 Å². The quantitative estimate of drug-likeness (QED) is 0.391. The van der Waals surface area contributed by atoms with Gasteiger partial charge in [-0.1, -0.05) is 6.58 Å². The Morgan fingerprint density at radius 1 is 1.22 bits per heavy atom. The van der Waals surface area contributed by atoms with Gasteiger partial charge in [0.2, 0.25) is 0 Å². The third kappa shape index (κ3) is 9.32. The molecule has 0 saturated heterocycles. The van der Waals surface area contributed by atoms with Crippen LogP contribution in [0.1, 0.15) is 26.2 Å². The van der Waals surface area contributed by atoms with Gasteiger partial charge in [-0.25, -0.2) is 0 Å². The molecule has 0 atom stereocenters. The summed E-state index contributed by atoms with van der Waals surface area (Å²) in [5.41, 5.74) is 0.576. The molecule has 18 heavy (non-hydrogen) atoms. The highest BCUT2D eigenvalue weighted by Crippen LogP contribution is 2.06. The van der Waals surface area contributed by atoms with Crippen LogP contribution < -0.4 is 0 Å². The van der Waals surface area contributed by atoms with E-state index in [1.807, 2.05) is 14.1 Å². The third-order valence-electron chi connectivity index (χ3n) is 2.81. The van der Waals surface area contributed by atoms with Crippen molar-refractivity contribution >= 4 is 15.9 Å². The lowest BCUT2D eigenvalue weighted by Crippen LogP contribution is -2.42. The molecule has 0 aromatic rings. The molecule has 0 rings (SSSR count). The van der Waals surface area contributed by atoms with Crippen molar-refractivity contribution in [1.82, 2.24) is 0 Å². The van der Waals surface area contributed by atoms with Gasteiger partial charge in [0.05, 0.1) is 32.9 Å². The minimum Gasteiger partial charge on any atom is -0.328 e. The molecule has 0 aliphatic heterocycles. The molecule has 0 fully saturated rings. The lowest BCUT2D eigenvalue weighted by molar-refractivity contribution is -0.890. The lowest BCUT2D eigenvalue weighted by Gasteiger charge is -2.29. The van der Waals surface area contributed by atoms with Crippen LogP contribution in [0.4, 0.5) is 0 Å². The Hall–Kier alpha value is -0.720. The van der Waals surface area contributed by atoms with Crippen LogP contribution in [-0.2, 0) is 14.9 Å². The van der Waals surface area contributed by atoms with Gasteiger partial charge in [0.1, 0.15) is 0 Å². The first-order valence-electron chi connectivity index (χ1n) is 5.99. The first-order valence-corrected chi connectivity index (χ1v) is 7.60. The van der Waals surface area contributed by atoms with E-state index in [1.165, 1.54) is 0 Å². The number of quaternary nitrogens is 1. The molecule has 0 aliphatic rings. The summed E-state index contributed by atoms with van der Waals surface area (Å²) in [5, 5.41) is 0. The summed E-state index contributed by atoms with van der Waals surface area (Å²) in [4.78, 5) is 11.4. The number of Topliss-reactive ketones (excluding diaryl/α,β-unsaturated/α-hetero) is 1. The zero-order valence-electron chi connectivity index (χ0n) is 11.5. The molecule has 0 aromatic carbocycles. The second-order valence-corrected chi connectivity index (χ2v) is 6.90.